The molecule has 26 heavy (non-hydrogen) atoms. The number of hydrogen-bond acceptors (Lipinski definition) is 4. The van der Waals surface area contributed by atoms with Gasteiger partial charge in [-0.1, -0.05) is 30.3 Å². The molecule has 6 heteroatoms. The summed E-state index contributed by atoms with van der Waals surface area (Å²) in [6, 6.07) is 20.9. The number of anilines is 1. The van der Waals surface area contributed by atoms with Crippen LogP contribution in [0.3, 0.4) is 0 Å². The summed E-state index contributed by atoms with van der Waals surface area (Å²) in [5, 5.41) is 7.91. The third-order valence-electron chi connectivity index (χ3n) is 3.69. The SMILES string of the molecule is COc1ccc(NC(=S)NC(=O)COc2ccc3ccccc3c2)cc1. The molecule has 0 saturated heterocycles. The molecule has 0 aliphatic carbocycles. The molecule has 0 aliphatic heterocycles. The summed E-state index contributed by atoms with van der Waals surface area (Å²) in [6.07, 6.45) is 0. The van der Waals surface area contributed by atoms with Gasteiger partial charge >= 0.3 is 0 Å². The highest BCUT2D eigenvalue weighted by Crippen LogP contribution is 2.20. The number of hydrogen-bond donors (Lipinski definition) is 2. The van der Waals surface area contributed by atoms with E-state index in [1.165, 1.54) is 0 Å². The molecule has 132 valence electrons. The molecule has 0 aromatic heterocycles. The summed E-state index contributed by atoms with van der Waals surface area (Å²) >= 11 is 5.14. The summed E-state index contributed by atoms with van der Waals surface area (Å²) in [4.78, 5) is 12.0. The largest absolute Gasteiger partial charge is 0.497 e. The molecule has 2 N–H and O–H groups in total. The highest BCUT2D eigenvalue weighted by atomic mass is 32.1. The number of amides is 1. The average molecular weight is 366 g/mol. The van der Waals surface area contributed by atoms with Gasteiger partial charge in [-0.05, 0) is 59.4 Å². The lowest BCUT2D eigenvalue weighted by atomic mass is 10.1. The second-order valence-corrected chi connectivity index (χ2v) is 5.94. The first-order valence-electron chi connectivity index (χ1n) is 8.00. The van der Waals surface area contributed by atoms with E-state index >= 15 is 0 Å². The summed E-state index contributed by atoms with van der Waals surface area (Å²) in [5.41, 5.74) is 0.756. The molecule has 1 amide bonds. The minimum Gasteiger partial charge on any atom is -0.497 e. The van der Waals surface area contributed by atoms with Crippen LogP contribution in [-0.2, 0) is 4.79 Å². The molecule has 3 aromatic rings. The minimum absolute atomic E-state index is 0.122. The van der Waals surface area contributed by atoms with Crippen molar-refractivity contribution in [3.63, 3.8) is 0 Å². The Balaban J connectivity index is 1.50. The average Bonchev–Trinajstić information content (AvgIpc) is 2.66. The van der Waals surface area contributed by atoms with Gasteiger partial charge in [0.1, 0.15) is 11.5 Å². The van der Waals surface area contributed by atoms with Crippen molar-refractivity contribution in [1.82, 2.24) is 5.32 Å². The maximum Gasteiger partial charge on any atom is 0.264 e. The Kier molecular flexibility index (Phi) is 5.66. The first-order chi connectivity index (χ1) is 12.6. The third kappa shape index (κ3) is 4.70. The maximum atomic E-state index is 12.0. The topological polar surface area (TPSA) is 59.6 Å². The van der Waals surface area contributed by atoms with Crippen molar-refractivity contribution in [1.29, 1.82) is 0 Å². The van der Waals surface area contributed by atoms with Crippen LogP contribution in [0.15, 0.2) is 66.7 Å². The molecule has 0 bridgehead atoms. The molecular weight excluding hydrogens is 348 g/mol. The van der Waals surface area contributed by atoms with E-state index in [0.717, 1.165) is 22.2 Å². The molecule has 0 unspecified atom stereocenters. The quantitative estimate of drug-likeness (QED) is 0.674. The Morgan fingerprint density at radius 1 is 0.962 bits per heavy atom. The Bertz CT molecular complexity index is 926. The molecule has 3 aromatic carbocycles. The van der Waals surface area contributed by atoms with Crippen LogP contribution in [0.4, 0.5) is 5.69 Å². The van der Waals surface area contributed by atoms with Crippen molar-refractivity contribution in [3.8, 4) is 11.5 Å². The first kappa shape index (κ1) is 17.7. The van der Waals surface area contributed by atoms with Crippen molar-refractivity contribution in [2.75, 3.05) is 19.0 Å². The fourth-order valence-electron chi connectivity index (χ4n) is 2.41. The fourth-order valence-corrected chi connectivity index (χ4v) is 2.64. The van der Waals surface area contributed by atoms with E-state index in [9.17, 15) is 4.79 Å². The second-order valence-electron chi connectivity index (χ2n) is 5.53. The molecule has 0 aliphatic rings. The summed E-state index contributed by atoms with van der Waals surface area (Å²) in [6.45, 7) is -0.122. The van der Waals surface area contributed by atoms with E-state index in [0.29, 0.717) is 5.75 Å². The molecule has 0 spiro atoms. The zero-order chi connectivity index (χ0) is 18.4. The standard InChI is InChI=1S/C20H18N2O3S/c1-24-17-10-7-16(8-11-17)21-20(26)22-19(23)13-25-18-9-6-14-4-2-3-5-15(14)12-18/h2-12H,13H2,1H3,(H2,21,22,23,26). The van der Waals surface area contributed by atoms with E-state index in [1.807, 2.05) is 54.6 Å². The minimum atomic E-state index is -0.329. The zero-order valence-corrected chi connectivity index (χ0v) is 15.0. The lowest BCUT2D eigenvalue weighted by Gasteiger charge is -2.11. The number of benzene rings is 3. The first-order valence-corrected chi connectivity index (χ1v) is 8.41. The third-order valence-corrected chi connectivity index (χ3v) is 3.90. The number of ether oxygens (including phenoxy) is 2. The van der Waals surface area contributed by atoms with Gasteiger partial charge in [0.15, 0.2) is 11.7 Å². The Labute approximate surface area is 156 Å². The Morgan fingerprint density at radius 2 is 1.65 bits per heavy atom. The predicted molar refractivity (Wildman–Crippen MR) is 107 cm³/mol. The van der Waals surface area contributed by atoms with Crippen molar-refractivity contribution in [2.45, 2.75) is 0 Å². The van der Waals surface area contributed by atoms with Crippen molar-refractivity contribution < 1.29 is 14.3 Å². The number of carbonyl (C=O) groups is 1. The molecule has 0 saturated carbocycles. The van der Waals surface area contributed by atoms with Gasteiger partial charge in [0, 0.05) is 5.69 Å². The van der Waals surface area contributed by atoms with Gasteiger partial charge in [0.05, 0.1) is 7.11 Å². The van der Waals surface area contributed by atoms with E-state index in [2.05, 4.69) is 10.6 Å². The summed E-state index contributed by atoms with van der Waals surface area (Å²) < 4.78 is 10.6. The molecule has 0 fully saturated rings. The molecule has 0 atom stereocenters. The Morgan fingerprint density at radius 3 is 2.38 bits per heavy atom. The van der Waals surface area contributed by atoms with Gasteiger partial charge < -0.3 is 14.8 Å². The Hall–Kier alpha value is -3.12. The smallest absolute Gasteiger partial charge is 0.264 e. The van der Waals surface area contributed by atoms with Crippen LogP contribution in [0, 0.1) is 0 Å². The second kappa shape index (κ2) is 8.31. The van der Waals surface area contributed by atoms with Gasteiger partial charge in [-0.25, -0.2) is 0 Å². The highest BCUT2D eigenvalue weighted by molar-refractivity contribution is 7.80. The number of nitrogens with one attached hydrogen (secondary N) is 2. The molecule has 5 nitrogen and oxygen atoms in total. The summed E-state index contributed by atoms with van der Waals surface area (Å²) in [7, 11) is 1.60. The van der Waals surface area contributed by atoms with Gasteiger partial charge in [-0.2, -0.15) is 0 Å². The van der Waals surface area contributed by atoms with E-state index in [-0.39, 0.29) is 17.6 Å². The van der Waals surface area contributed by atoms with Gasteiger partial charge in [0.2, 0.25) is 0 Å². The molecule has 3 rings (SSSR count). The monoisotopic (exact) mass is 366 g/mol. The van der Waals surface area contributed by atoms with Crippen LogP contribution in [0.25, 0.3) is 10.8 Å². The van der Waals surface area contributed by atoms with Crippen LogP contribution in [-0.4, -0.2) is 24.7 Å². The van der Waals surface area contributed by atoms with E-state index < -0.39 is 0 Å². The fraction of sp³-hybridized carbons (Fsp3) is 0.100. The van der Waals surface area contributed by atoms with E-state index in [4.69, 9.17) is 21.7 Å². The van der Waals surface area contributed by atoms with Crippen molar-refractivity contribution in [2.24, 2.45) is 0 Å². The normalized spacial score (nSPS) is 10.2. The summed E-state index contributed by atoms with van der Waals surface area (Å²) in [5.74, 6) is 1.05. The number of thiocarbonyl (C=S) groups is 1. The number of methoxy groups -OCH3 is 1. The van der Waals surface area contributed by atoms with Crippen molar-refractivity contribution >= 4 is 39.7 Å². The van der Waals surface area contributed by atoms with Gasteiger partial charge in [-0.3, -0.25) is 10.1 Å². The van der Waals surface area contributed by atoms with Crippen LogP contribution in [0.5, 0.6) is 11.5 Å². The lowest BCUT2D eigenvalue weighted by molar-refractivity contribution is -0.121. The zero-order valence-electron chi connectivity index (χ0n) is 14.2. The van der Waals surface area contributed by atoms with Crippen LogP contribution in [0.2, 0.25) is 0 Å². The highest BCUT2D eigenvalue weighted by Gasteiger charge is 2.07. The number of fused-ring (bicyclic) bond motifs is 1. The maximum absolute atomic E-state index is 12.0. The lowest BCUT2D eigenvalue weighted by Crippen LogP contribution is -2.37. The van der Waals surface area contributed by atoms with E-state index in [1.54, 1.807) is 19.2 Å². The van der Waals surface area contributed by atoms with Crippen LogP contribution >= 0.6 is 12.2 Å². The van der Waals surface area contributed by atoms with Crippen LogP contribution in [0.1, 0.15) is 0 Å². The predicted octanol–water partition coefficient (Wildman–Crippen LogP) is 3.74. The van der Waals surface area contributed by atoms with Crippen molar-refractivity contribution in [3.05, 3.63) is 66.7 Å². The molecular formula is C20H18N2O3S. The molecule has 0 heterocycles. The number of rotatable bonds is 5. The molecule has 0 radical (unpaired) electrons. The van der Waals surface area contributed by atoms with Gasteiger partial charge in [-0.15, -0.1) is 0 Å². The number of carbonyl (C=O) groups excluding carboxylic acids is 1. The van der Waals surface area contributed by atoms with Gasteiger partial charge in [0.25, 0.3) is 5.91 Å². The van der Waals surface area contributed by atoms with Crippen LogP contribution < -0.4 is 20.1 Å².